The van der Waals surface area contributed by atoms with Crippen molar-refractivity contribution < 1.29 is 17.2 Å². The van der Waals surface area contributed by atoms with Gasteiger partial charge in [0.05, 0.1) is 11.6 Å². The Morgan fingerprint density at radius 1 is 1.08 bits per heavy atom. The number of rotatable bonds is 7. The van der Waals surface area contributed by atoms with E-state index in [1.165, 1.54) is 6.07 Å². The van der Waals surface area contributed by atoms with E-state index in [1.807, 2.05) is 54.6 Å². The molecule has 0 aliphatic heterocycles. The molecule has 204 valence electrons. The second-order valence-electron chi connectivity index (χ2n) is 10.2. The Balaban J connectivity index is 1.83. The third kappa shape index (κ3) is 5.33. The molecule has 10 heteroatoms. The molecule has 2 heterocycles. The van der Waals surface area contributed by atoms with Crippen LogP contribution < -0.4 is 15.9 Å². The van der Waals surface area contributed by atoms with Crippen molar-refractivity contribution >= 4 is 43.6 Å². The van der Waals surface area contributed by atoms with Crippen LogP contribution in [0.4, 0.5) is 4.39 Å². The molecule has 1 aliphatic rings. The SMILES string of the molecule is Cc1c(CNS(C)(=O)=O)cccc1-c1c(C)n(C2CC2)c(=O)c2c(Cc3ccc(I)cc3F)c(C)c(=O)oc12. The molecule has 1 saturated carbocycles. The fourth-order valence-corrected chi connectivity index (χ4v) is 6.02. The Bertz CT molecular complexity index is 1870. The minimum absolute atomic E-state index is 0.0335. The van der Waals surface area contributed by atoms with Gasteiger partial charge in [-0.15, -0.1) is 0 Å². The zero-order valence-electron chi connectivity index (χ0n) is 22.0. The zero-order chi connectivity index (χ0) is 28.2. The number of hydrogen-bond donors (Lipinski definition) is 1. The molecular formula is C29H28FIN2O5S. The monoisotopic (exact) mass is 662 g/mol. The predicted octanol–water partition coefficient (Wildman–Crippen LogP) is 5.27. The molecule has 7 nitrogen and oxygen atoms in total. The summed E-state index contributed by atoms with van der Waals surface area (Å²) in [6.07, 6.45) is 2.89. The first kappa shape index (κ1) is 27.7. The maximum atomic E-state index is 14.9. The van der Waals surface area contributed by atoms with Crippen molar-refractivity contribution in [1.29, 1.82) is 0 Å². The van der Waals surface area contributed by atoms with E-state index < -0.39 is 21.5 Å². The number of halogens is 2. The molecule has 5 rings (SSSR count). The lowest BCUT2D eigenvalue weighted by Crippen LogP contribution is -2.26. The number of aromatic nitrogens is 1. The Morgan fingerprint density at radius 3 is 2.44 bits per heavy atom. The van der Waals surface area contributed by atoms with Crippen molar-refractivity contribution in [3.8, 4) is 11.1 Å². The molecule has 0 spiro atoms. The molecule has 0 radical (unpaired) electrons. The Kier molecular flexibility index (Phi) is 7.32. The standard InChI is InChI=1S/C29H28FIN2O5S/c1-15-19(14-32-39(4,36)37)6-5-7-22(15)25-17(3)33(21-10-11-21)28(34)26-23(16(2)29(35)38-27(25)26)12-18-8-9-20(31)13-24(18)30/h5-9,13,21,32H,10-12,14H2,1-4H3. The topological polar surface area (TPSA) is 98.4 Å². The van der Waals surface area contributed by atoms with Crippen molar-refractivity contribution in [1.82, 2.24) is 9.29 Å². The molecule has 0 amide bonds. The number of nitrogens with zero attached hydrogens (tertiary/aromatic N) is 1. The van der Waals surface area contributed by atoms with E-state index in [9.17, 15) is 22.4 Å². The molecule has 0 atom stereocenters. The summed E-state index contributed by atoms with van der Waals surface area (Å²) in [6, 6.07) is 10.4. The highest BCUT2D eigenvalue weighted by molar-refractivity contribution is 14.1. The van der Waals surface area contributed by atoms with Crippen molar-refractivity contribution in [3.05, 3.63) is 100 Å². The molecule has 1 fully saturated rings. The molecule has 1 N–H and O–H groups in total. The van der Waals surface area contributed by atoms with Crippen LogP contribution in [-0.4, -0.2) is 19.2 Å². The minimum Gasteiger partial charge on any atom is -0.422 e. The van der Waals surface area contributed by atoms with Crippen LogP contribution >= 0.6 is 22.6 Å². The third-order valence-electron chi connectivity index (χ3n) is 7.40. The van der Waals surface area contributed by atoms with Gasteiger partial charge in [0.1, 0.15) is 5.82 Å². The van der Waals surface area contributed by atoms with E-state index in [-0.39, 0.29) is 41.1 Å². The summed E-state index contributed by atoms with van der Waals surface area (Å²) >= 11 is 2.04. The van der Waals surface area contributed by atoms with Crippen LogP contribution in [0.15, 0.2) is 50.4 Å². The van der Waals surface area contributed by atoms with E-state index >= 15 is 0 Å². The highest BCUT2D eigenvalue weighted by Gasteiger charge is 2.31. The van der Waals surface area contributed by atoms with Crippen molar-refractivity contribution in [3.63, 3.8) is 0 Å². The molecule has 4 aromatic rings. The van der Waals surface area contributed by atoms with Crippen molar-refractivity contribution in [2.24, 2.45) is 0 Å². The van der Waals surface area contributed by atoms with Gasteiger partial charge in [-0.1, -0.05) is 24.3 Å². The van der Waals surface area contributed by atoms with Gasteiger partial charge in [-0.25, -0.2) is 22.3 Å². The largest absolute Gasteiger partial charge is 0.422 e. The first-order valence-corrected chi connectivity index (χ1v) is 15.5. The minimum atomic E-state index is -3.41. The molecule has 2 aromatic heterocycles. The van der Waals surface area contributed by atoms with Crippen LogP contribution in [0.1, 0.15) is 52.4 Å². The first-order chi connectivity index (χ1) is 18.4. The summed E-state index contributed by atoms with van der Waals surface area (Å²) in [5.74, 6) is -0.403. The van der Waals surface area contributed by atoms with Gasteiger partial charge in [-0.3, -0.25) is 4.79 Å². The molecule has 0 bridgehead atoms. The van der Waals surface area contributed by atoms with Crippen LogP contribution in [0.25, 0.3) is 22.1 Å². The van der Waals surface area contributed by atoms with Crippen molar-refractivity contribution in [2.45, 2.75) is 52.6 Å². The van der Waals surface area contributed by atoms with Gasteiger partial charge in [0.25, 0.3) is 5.56 Å². The number of benzene rings is 2. The lowest BCUT2D eigenvalue weighted by molar-refractivity contribution is 0.549. The van der Waals surface area contributed by atoms with Gasteiger partial charge in [0, 0.05) is 39.4 Å². The summed E-state index contributed by atoms with van der Waals surface area (Å²) in [4.78, 5) is 27.2. The van der Waals surface area contributed by atoms with E-state index in [0.717, 1.165) is 39.4 Å². The molecular weight excluding hydrogens is 634 g/mol. The smallest absolute Gasteiger partial charge is 0.339 e. The Hall–Kier alpha value is -2.83. The van der Waals surface area contributed by atoms with Crippen molar-refractivity contribution in [2.75, 3.05) is 6.26 Å². The average Bonchev–Trinajstić information content (AvgIpc) is 3.68. The second kappa shape index (κ2) is 10.3. The number of fused-ring (bicyclic) bond motifs is 1. The zero-order valence-corrected chi connectivity index (χ0v) is 25.0. The van der Waals surface area contributed by atoms with Gasteiger partial charge in [0.15, 0.2) is 5.58 Å². The number of pyridine rings is 1. The summed E-state index contributed by atoms with van der Waals surface area (Å²) in [5.41, 5.74) is 4.01. The number of hydrogen-bond acceptors (Lipinski definition) is 5. The summed E-state index contributed by atoms with van der Waals surface area (Å²) in [7, 11) is -3.41. The quantitative estimate of drug-likeness (QED) is 0.272. The van der Waals surface area contributed by atoms with Gasteiger partial charge in [0.2, 0.25) is 10.0 Å². The Labute approximate surface area is 239 Å². The summed E-state index contributed by atoms with van der Waals surface area (Å²) in [5, 5.41) is 0.275. The second-order valence-corrected chi connectivity index (χ2v) is 13.2. The van der Waals surface area contributed by atoms with Crippen LogP contribution in [0.5, 0.6) is 0 Å². The van der Waals surface area contributed by atoms with Gasteiger partial charge in [-0.05, 0) is 96.2 Å². The van der Waals surface area contributed by atoms with E-state index in [0.29, 0.717) is 22.4 Å². The lowest BCUT2D eigenvalue weighted by Gasteiger charge is -2.20. The maximum absolute atomic E-state index is 14.9. The Morgan fingerprint density at radius 2 is 1.79 bits per heavy atom. The summed E-state index contributed by atoms with van der Waals surface area (Å²) < 4.78 is 49.3. The van der Waals surface area contributed by atoms with E-state index in [2.05, 4.69) is 4.72 Å². The van der Waals surface area contributed by atoms with Gasteiger partial charge < -0.3 is 8.98 Å². The molecule has 1 aliphatic carbocycles. The maximum Gasteiger partial charge on any atom is 0.339 e. The number of sulfonamides is 1. The van der Waals surface area contributed by atoms with Gasteiger partial charge >= 0.3 is 5.63 Å². The normalized spacial score (nSPS) is 13.8. The van der Waals surface area contributed by atoms with Crippen LogP contribution in [-0.2, 0) is 23.0 Å². The lowest BCUT2D eigenvalue weighted by atomic mass is 9.91. The highest BCUT2D eigenvalue weighted by atomic mass is 127. The molecule has 0 unspecified atom stereocenters. The van der Waals surface area contributed by atoms with E-state index in [4.69, 9.17) is 4.42 Å². The van der Waals surface area contributed by atoms with Gasteiger partial charge in [-0.2, -0.15) is 0 Å². The third-order valence-corrected chi connectivity index (χ3v) is 8.74. The molecule has 39 heavy (non-hydrogen) atoms. The fourth-order valence-electron chi connectivity index (χ4n) is 5.15. The number of nitrogens with one attached hydrogen (secondary N) is 1. The summed E-state index contributed by atoms with van der Waals surface area (Å²) in [6.45, 7) is 5.42. The van der Waals surface area contributed by atoms with E-state index in [1.54, 1.807) is 23.6 Å². The predicted molar refractivity (Wildman–Crippen MR) is 158 cm³/mol. The average molecular weight is 663 g/mol. The molecule has 2 aromatic carbocycles. The molecule has 0 saturated heterocycles. The van der Waals surface area contributed by atoms with Crippen LogP contribution in [0, 0.1) is 30.2 Å². The fraction of sp³-hybridized carbons (Fsp3) is 0.310. The first-order valence-electron chi connectivity index (χ1n) is 12.6. The van der Waals surface area contributed by atoms with Crippen LogP contribution in [0.2, 0.25) is 0 Å². The highest BCUT2D eigenvalue weighted by Crippen LogP contribution is 2.41. The van der Waals surface area contributed by atoms with Crippen LogP contribution in [0.3, 0.4) is 0 Å².